The summed E-state index contributed by atoms with van der Waals surface area (Å²) in [5.74, 6) is 0. The number of nitrogens with zero attached hydrogens (tertiary/aromatic N) is 1. The fourth-order valence-corrected chi connectivity index (χ4v) is 3.12. The van der Waals surface area contributed by atoms with E-state index in [4.69, 9.17) is 4.84 Å². The average Bonchev–Trinajstić information content (AvgIpc) is 2.30. The maximum Gasteiger partial charge on any atom is 0.109 e. The Morgan fingerprint density at radius 2 is 1.79 bits per heavy atom. The number of aliphatic hydroxyl groups is 1. The topological polar surface area (TPSA) is 32.7 Å². The molecule has 0 aromatic rings. The van der Waals surface area contributed by atoms with Gasteiger partial charge in [-0.2, -0.15) is 5.06 Å². The second-order valence-corrected chi connectivity index (χ2v) is 6.93. The molecule has 2 atom stereocenters. The highest BCUT2D eigenvalue weighted by Crippen LogP contribution is 2.39. The van der Waals surface area contributed by atoms with E-state index in [2.05, 4.69) is 46.3 Å². The summed E-state index contributed by atoms with van der Waals surface area (Å²) >= 11 is 0. The van der Waals surface area contributed by atoms with Gasteiger partial charge in [0.2, 0.25) is 0 Å². The van der Waals surface area contributed by atoms with E-state index in [1.807, 2.05) is 0 Å². The molecule has 3 heteroatoms. The molecule has 0 amide bonds. The minimum Gasteiger partial charge on any atom is -0.386 e. The van der Waals surface area contributed by atoms with Gasteiger partial charge in [0.05, 0.1) is 6.10 Å². The molecule has 1 aliphatic heterocycles. The molecule has 0 saturated carbocycles. The van der Waals surface area contributed by atoms with Crippen molar-refractivity contribution >= 4 is 0 Å². The third kappa shape index (κ3) is 4.04. The Labute approximate surface area is 118 Å². The maximum atomic E-state index is 10.1. The lowest BCUT2D eigenvalue weighted by Gasteiger charge is -2.52. The Morgan fingerprint density at radius 3 is 2.21 bits per heavy atom. The molecular formula is C16H31NO2. The van der Waals surface area contributed by atoms with Gasteiger partial charge in [-0.25, -0.2) is 0 Å². The Kier molecular flexibility index (Phi) is 5.60. The Balaban J connectivity index is 2.87. The molecule has 1 saturated heterocycles. The van der Waals surface area contributed by atoms with Crippen LogP contribution in [0.25, 0.3) is 0 Å². The van der Waals surface area contributed by atoms with Crippen molar-refractivity contribution in [3.8, 4) is 0 Å². The van der Waals surface area contributed by atoms with E-state index in [0.717, 1.165) is 25.7 Å². The molecule has 1 N–H and O–H groups in total. The lowest BCUT2D eigenvalue weighted by molar-refractivity contribution is -0.314. The van der Waals surface area contributed by atoms with Crippen LogP contribution in [0.1, 0.15) is 66.7 Å². The molecule has 0 aliphatic carbocycles. The van der Waals surface area contributed by atoms with Crippen molar-refractivity contribution in [2.45, 2.75) is 90.0 Å². The highest BCUT2D eigenvalue weighted by Gasteiger charge is 2.44. The smallest absolute Gasteiger partial charge is 0.109 e. The van der Waals surface area contributed by atoms with Gasteiger partial charge in [0.15, 0.2) is 0 Å². The van der Waals surface area contributed by atoms with Crippen LogP contribution >= 0.6 is 0 Å². The van der Waals surface area contributed by atoms with Gasteiger partial charge in [-0.15, -0.1) is 6.58 Å². The van der Waals surface area contributed by atoms with Crippen LogP contribution in [-0.4, -0.2) is 33.5 Å². The van der Waals surface area contributed by atoms with Crippen LogP contribution in [0.5, 0.6) is 0 Å². The second-order valence-electron chi connectivity index (χ2n) is 6.93. The van der Waals surface area contributed by atoms with E-state index >= 15 is 0 Å². The maximum absolute atomic E-state index is 10.1. The van der Waals surface area contributed by atoms with E-state index in [-0.39, 0.29) is 17.2 Å². The lowest BCUT2D eigenvalue weighted by Crippen LogP contribution is -2.60. The van der Waals surface area contributed by atoms with Gasteiger partial charge >= 0.3 is 0 Å². The number of hydrogen-bond donors (Lipinski definition) is 1. The summed E-state index contributed by atoms with van der Waals surface area (Å²) in [5.41, 5.74) is 0.0171. The van der Waals surface area contributed by atoms with E-state index < -0.39 is 6.10 Å². The molecule has 0 spiro atoms. The number of piperidine rings is 1. The molecule has 0 aromatic heterocycles. The van der Waals surface area contributed by atoms with Crippen molar-refractivity contribution in [2.24, 2.45) is 0 Å². The molecule has 112 valence electrons. The monoisotopic (exact) mass is 269 g/mol. The van der Waals surface area contributed by atoms with Crippen molar-refractivity contribution in [1.29, 1.82) is 0 Å². The number of hydrogen-bond acceptors (Lipinski definition) is 3. The predicted molar refractivity (Wildman–Crippen MR) is 79.8 cm³/mol. The first-order chi connectivity index (χ1) is 8.74. The van der Waals surface area contributed by atoms with Crippen molar-refractivity contribution in [3.63, 3.8) is 0 Å². The van der Waals surface area contributed by atoms with Crippen LogP contribution < -0.4 is 0 Å². The first-order valence-electron chi connectivity index (χ1n) is 7.52. The fraction of sp³-hybridized carbons (Fsp3) is 0.875. The highest BCUT2D eigenvalue weighted by molar-refractivity contribution is 4.94. The zero-order chi connectivity index (χ0) is 14.7. The lowest BCUT2D eigenvalue weighted by atomic mass is 9.82. The number of aliphatic hydroxyl groups excluding tert-OH is 1. The normalized spacial score (nSPS) is 25.8. The van der Waals surface area contributed by atoms with Gasteiger partial charge < -0.3 is 5.11 Å². The largest absolute Gasteiger partial charge is 0.386 e. The molecule has 1 fully saturated rings. The fourth-order valence-electron chi connectivity index (χ4n) is 3.12. The van der Waals surface area contributed by atoms with Gasteiger partial charge in [0.25, 0.3) is 0 Å². The van der Waals surface area contributed by atoms with E-state index in [9.17, 15) is 5.11 Å². The van der Waals surface area contributed by atoms with Gasteiger partial charge in [0.1, 0.15) is 6.10 Å². The zero-order valence-electron chi connectivity index (χ0n) is 13.3. The summed E-state index contributed by atoms with van der Waals surface area (Å²) < 4.78 is 0. The minimum atomic E-state index is -0.603. The SMILES string of the molecule is C=C[C@H](O)[C@H](CCC)ON1C(C)(C)CCCC1(C)C. The zero-order valence-corrected chi connectivity index (χ0v) is 13.3. The van der Waals surface area contributed by atoms with Crippen molar-refractivity contribution in [2.75, 3.05) is 0 Å². The van der Waals surface area contributed by atoms with Crippen molar-refractivity contribution in [3.05, 3.63) is 12.7 Å². The average molecular weight is 269 g/mol. The summed E-state index contributed by atoms with van der Waals surface area (Å²) in [7, 11) is 0. The molecule has 0 unspecified atom stereocenters. The molecule has 1 rings (SSSR count). The Bertz CT molecular complexity index is 283. The Hall–Kier alpha value is -0.380. The van der Waals surface area contributed by atoms with Crippen LogP contribution in [0.15, 0.2) is 12.7 Å². The standard InChI is InChI=1S/C16H31NO2/c1-7-10-14(13(18)8-2)19-17-15(3,4)11-9-12-16(17,5)6/h8,13-14,18H,2,7,9-12H2,1,3-6H3/t13-,14-/m0/s1. The third-order valence-corrected chi connectivity index (χ3v) is 4.11. The van der Waals surface area contributed by atoms with Crippen LogP contribution in [0.3, 0.4) is 0 Å². The van der Waals surface area contributed by atoms with Gasteiger partial charge in [-0.05, 0) is 53.4 Å². The predicted octanol–water partition coefficient (Wildman–Crippen LogP) is 3.68. The first-order valence-corrected chi connectivity index (χ1v) is 7.52. The van der Waals surface area contributed by atoms with Gasteiger partial charge in [0, 0.05) is 11.1 Å². The molecule has 3 nitrogen and oxygen atoms in total. The number of rotatable bonds is 6. The van der Waals surface area contributed by atoms with Crippen molar-refractivity contribution in [1.82, 2.24) is 5.06 Å². The molecule has 1 aliphatic rings. The summed E-state index contributed by atoms with van der Waals surface area (Å²) in [6.07, 6.45) is 6.08. The van der Waals surface area contributed by atoms with Crippen LogP contribution in [0.4, 0.5) is 0 Å². The summed E-state index contributed by atoms with van der Waals surface area (Å²) in [5, 5.41) is 12.2. The third-order valence-electron chi connectivity index (χ3n) is 4.11. The summed E-state index contributed by atoms with van der Waals surface area (Å²) in [6.45, 7) is 14.7. The molecule has 0 bridgehead atoms. The summed E-state index contributed by atoms with van der Waals surface area (Å²) in [6, 6.07) is 0. The van der Waals surface area contributed by atoms with Gasteiger partial charge in [-0.3, -0.25) is 4.84 Å². The second kappa shape index (κ2) is 6.38. The molecule has 0 aromatic carbocycles. The van der Waals surface area contributed by atoms with E-state index in [0.29, 0.717) is 0 Å². The first kappa shape index (κ1) is 16.7. The highest BCUT2D eigenvalue weighted by atomic mass is 16.7. The quantitative estimate of drug-likeness (QED) is 0.747. The molecule has 0 radical (unpaired) electrons. The molecule has 1 heterocycles. The summed E-state index contributed by atoms with van der Waals surface area (Å²) in [4.78, 5) is 6.23. The Morgan fingerprint density at radius 1 is 1.26 bits per heavy atom. The van der Waals surface area contributed by atoms with Crippen LogP contribution in [-0.2, 0) is 4.84 Å². The van der Waals surface area contributed by atoms with Crippen molar-refractivity contribution < 1.29 is 9.94 Å². The molecular weight excluding hydrogens is 238 g/mol. The van der Waals surface area contributed by atoms with Crippen LogP contribution in [0, 0.1) is 0 Å². The van der Waals surface area contributed by atoms with Crippen LogP contribution in [0.2, 0.25) is 0 Å². The van der Waals surface area contributed by atoms with E-state index in [1.165, 1.54) is 6.42 Å². The number of hydroxylamine groups is 2. The van der Waals surface area contributed by atoms with Gasteiger partial charge in [-0.1, -0.05) is 19.4 Å². The van der Waals surface area contributed by atoms with E-state index in [1.54, 1.807) is 6.08 Å². The molecule has 19 heavy (non-hydrogen) atoms. The minimum absolute atomic E-state index is 0.00856.